The summed E-state index contributed by atoms with van der Waals surface area (Å²) in [6.45, 7) is 2.62. The maximum atomic E-state index is 6.40. The molecule has 5 aliphatic rings. The van der Waals surface area contributed by atoms with E-state index in [1.54, 1.807) is 0 Å². The molecule has 0 aromatic heterocycles. The highest BCUT2D eigenvalue weighted by atomic mass is 79.9. The topological polar surface area (TPSA) is 73.0 Å². The molecular formula is C21H35Br2N3O4. The van der Waals surface area contributed by atoms with Gasteiger partial charge < -0.3 is 24.3 Å². The third kappa shape index (κ3) is 4.16. The summed E-state index contributed by atoms with van der Waals surface area (Å²) in [5.41, 5.74) is 0. The Morgan fingerprint density at radius 3 is 1.20 bits per heavy atom. The zero-order chi connectivity index (χ0) is 20.6. The minimum absolute atomic E-state index is 0.113. The first kappa shape index (κ1) is 22.5. The van der Waals surface area contributed by atoms with Gasteiger partial charge in [0.2, 0.25) is 0 Å². The van der Waals surface area contributed by atoms with Crippen LogP contribution in [0.2, 0.25) is 0 Å². The van der Waals surface area contributed by atoms with E-state index < -0.39 is 11.6 Å². The van der Waals surface area contributed by atoms with Gasteiger partial charge in [-0.15, -0.1) is 0 Å². The summed E-state index contributed by atoms with van der Waals surface area (Å²) in [6.07, 6.45) is 9.95. The van der Waals surface area contributed by atoms with Crippen LogP contribution in [0.25, 0.3) is 0 Å². The van der Waals surface area contributed by atoms with Crippen LogP contribution in [0.5, 0.6) is 0 Å². The van der Waals surface area contributed by atoms with Gasteiger partial charge in [0.25, 0.3) is 0 Å². The fourth-order valence-electron chi connectivity index (χ4n) is 6.16. The van der Waals surface area contributed by atoms with Gasteiger partial charge in [0, 0.05) is 0 Å². The number of rotatable bonds is 4. The lowest BCUT2D eigenvalue weighted by Crippen LogP contribution is -2.72. The van der Waals surface area contributed by atoms with Crippen LogP contribution < -0.4 is 16.0 Å². The van der Waals surface area contributed by atoms with Gasteiger partial charge in [-0.1, -0.05) is 31.9 Å². The van der Waals surface area contributed by atoms with Gasteiger partial charge >= 0.3 is 0 Å². The predicted octanol–water partition coefficient (Wildman–Crippen LogP) is 2.71. The second-order valence-corrected chi connectivity index (χ2v) is 11.5. The van der Waals surface area contributed by atoms with E-state index in [4.69, 9.17) is 18.9 Å². The van der Waals surface area contributed by atoms with Crippen molar-refractivity contribution in [3.63, 3.8) is 0 Å². The first-order valence-corrected chi connectivity index (χ1v) is 13.6. The van der Waals surface area contributed by atoms with Gasteiger partial charge in [-0.3, -0.25) is 10.6 Å². The summed E-state index contributed by atoms with van der Waals surface area (Å²) in [7, 11) is 0. The van der Waals surface area contributed by atoms with E-state index in [2.05, 4.69) is 47.8 Å². The van der Waals surface area contributed by atoms with E-state index in [0.717, 1.165) is 44.9 Å². The van der Waals surface area contributed by atoms with Gasteiger partial charge in [0.15, 0.2) is 11.6 Å². The lowest BCUT2D eigenvalue weighted by Gasteiger charge is -2.51. The van der Waals surface area contributed by atoms with E-state index in [0.29, 0.717) is 36.3 Å². The van der Waals surface area contributed by atoms with Gasteiger partial charge in [-0.05, 0) is 57.8 Å². The molecule has 3 N–H and O–H groups in total. The average Bonchev–Trinajstić information content (AvgIpc) is 3.46. The predicted molar refractivity (Wildman–Crippen MR) is 121 cm³/mol. The standard InChI is InChI=1S/C21H35Br2N3O4/c22-18-8-2-6-16(25-18)20(27-10-11-28-20)14-4-1-5-15(24-14)21(29-12-13-30-21)17-7-3-9-19(23)26-17/h14-19,24-26H,1-13H2. The van der Waals surface area contributed by atoms with Gasteiger partial charge in [0.05, 0.1) is 60.5 Å². The summed E-state index contributed by atoms with van der Waals surface area (Å²) in [5, 5.41) is 11.3. The van der Waals surface area contributed by atoms with Crippen molar-refractivity contribution in [3.8, 4) is 0 Å². The maximum absolute atomic E-state index is 6.40. The van der Waals surface area contributed by atoms with Crippen molar-refractivity contribution in [2.75, 3.05) is 26.4 Å². The Morgan fingerprint density at radius 1 is 0.500 bits per heavy atom. The molecule has 6 atom stereocenters. The van der Waals surface area contributed by atoms with Crippen molar-refractivity contribution in [3.05, 3.63) is 0 Å². The molecule has 5 heterocycles. The lowest BCUT2D eigenvalue weighted by atomic mass is 9.81. The summed E-state index contributed by atoms with van der Waals surface area (Å²) in [5.74, 6) is -1.24. The van der Waals surface area contributed by atoms with Gasteiger partial charge in [-0.25, -0.2) is 0 Å². The van der Waals surface area contributed by atoms with Crippen LogP contribution in [0.15, 0.2) is 0 Å². The molecule has 6 unspecified atom stereocenters. The van der Waals surface area contributed by atoms with Gasteiger partial charge in [-0.2, -0.15) is 0 Å². The smallest absolute Gasteiger partial charge is 0.199 e. The van der Waals surface area contributed by atoms with E-state index in [1.165, 1.54) is 12.8 Å². The molecule has 0 amide bonds. The van der Waals surface area contributed by atoms with Crippen LogP contribution in [-0.4, -0.2) is 72.1 Å². The van der Waals surface area contributed by atoms with E-state index in [-0.39, 0.29) is 24.2 Å². The molecule has 30 heavy (non-hydrogen) atoms. The number of hydrogen-bond donors (Lipinski definition) is 3. The Morgan fingerprint density at radius 2 is 0.833 bits per heavy atom. The molecule has 9 heteroatoms. The molecule has 0 aromatic carbocycles. The normalized spacial score (nSPS) is 44.2. The van der Waals surface area contributed by atoms with Crippen LogP contribution in [-0.2, 0) is 18.9 Å². The first-order chi connectivity index (χ1) is 14.6. The number of ether oxygens (including phenoxy) is 4. The summed E-state index contributed by atoms with van der Waals surface area (Å²) < 4.78 is 25.6. The first-order valence-electron chi connectivity index (χ1n) is 11.7. The lowest BCUT2D eigenvalue weighted by molar-refractivity contribution is -0.237. The minimum Gasteiger partial charge on any atom is -0.345 e. The summed E-state index contributed by atoms with van der Waals surface area (Å²) >= 11 is 7.52. The SMILES string of the molecule is BrC1CCCC(C2(C3CCCC(C4(C5CCCC(Br)N5)OCCO4)N3)OCCO2)N1. The van der Waals surface area contributed by atoms with Crippen LogP contribution in [0.1, 0.15) is 57.8 Å². The van der Waals surface area contributed by atoms with Crippen molar-refractivity contribution >= 4 is 31.9 Å². The maximum Gasteiger partial charge on any atom is 0.199 e. The number of piperidine rings is 3. The van der Waals surface area contributed by atoms with E-state index >= 15 is 0 Å². The third-order valence-electron chi connectivity index (χ3n) is 7.47. The highest BCUT2D eigenvalue weighted by Gasteiger charge is 2.57. The van der Waals surface area contributed by atoms with Crippen LogP contribution in [0.3, 0.4) is 0 Å². The largest absolute Gasteiger partial charge is 0.345 e. The Kier molecular flexibility index (Phi) is 7.12. The molecule has 0 saturated carbocycles. The highest BCUT2D eigenvalue weighted by Crippen LogP contribution is 2.41. The second kappa shape index (κ2) is 9.50. The Balaban J connectivity index is 1.37. The number of halogens is 2. The molecule has 0 aliphatic carbocycles. The van der Waals surface area contributed by atoms with Crippen molar-refractivity contribution in [1.82, 2.24) is 16.0 Å². The van der Waals surface area contributed by atoms with Crippen molar-refractivity contribution in [2.24, 2.45) is 0 Å². The van der Waals surface area contributed by atoms with Crippen molar-refractivity contribution in [1.29, 1.82) is 0 Å². The molecular weight excluding hydrogens is 518 g/mol. The molecule has 0 aromatic rings. The zero-order valence-corrected chi connectivity index (χ0v) is 20.7. The number of hydrogen-bond acceptors (Lipinski definition) is 7. The molecule has 5 rings (SSSR count). The van der Waals surface area contributed by atoms with Gasteiger partial charge in [0.1, 0.15) is 0 Å². The molecule has 5 saturated heterocycles. The summed E-state index contributed by atoms with van der Waals surface area (Å²) in [4.78, 5) is 0.630. The van der Waals surface area contributed by atoms with E-state index in [9.17, 15) is 0 Å². The molecule has 0 radical (unpaired) electrons. The van der Waals surface area contributed by atoms with Crippen LogP contribution >= 0.6 is 31.9 Å². The molecule has 0 spiro atoms. The molecule has 5 aliphatic heterocycles. The zero-order valence-electron chi connectivity index (χ0n) is 17.5. The molecule has 7 nitrogen and oxygen atoms in total. The Bertz CT molecular complexity index is 541. The quantitative estimate of drug-likeness (QED) is 0.366. The summed E-state index contributed by atoms with van der Waals surface area (Å²) in [6, 6.07) is 0.579. The van der Waals surface area contributed by atoms with Crippen LogP contribution in [0, 0.1) is 0 Å². The Labute approximate surface area is 196 Å². The Hall–Kier alpha value is 0.680. The van der Waals surface area contributed by atoms with Crippen LogP contribution in [0.4, 0.5) is 0 Å². The van der Waals surface area contributed by atoms with Crippen molar-refractivity contribution < 1.29 is 18.9 Å². The van der Waals surface area contributed by atoms with Crippen molar-refractivity contribution in [2.45, 2.75) is 103 Å². The molecule has 172 valence electrons. The number of alkyl halides is 2. The monoisotopic (exact) mass is 551 g/mol. The minimum atomic E-state index is -0.622. The number of nitrogens with one attached hydrogen (secondary N) is 3. The second-order valence-electron chi connectivity index (χ2n) is 9.27. The van der Waals surface area contributed by atoms with E-state index in [1.807, 2.05) is 0 Å². The molecule has 5 fully saturated rings. The highest BCUT2D eigenvalue weighted by molar-refractivity contribution is 9.09. The fraction of sp³-hybridized carbons (Fsp3) is 1.00. The third-order valence-corrected chi connectivity index (χ3v) is 8.92. The molecule has 0 bridgehead atoms. The fourth-order valence-corrected chi connectivity index (χ4v) is 7.44. The average molecular weight is 553 g/mol.